The van der Waals surface area contributed by atoms with Crippen LogP contribution in [0.4, 0.5) is 0 Å². The smallest absolute Gasteiger partial charge is 0.229 e. The van der Waals surface area contributed by atoms with Crippen molar-refractivity contribution in [3.63, 3.8) is 0 Å². The van der Waals surface area contributed by atoms with Gasteiger partial charge in [0.25, 0.3) is 0 Å². The van der Waals surface area contributed by atoms with Crippen molar-refractivity contribution < 1.29 is 44.1 Å². The van der Waals surface area contributed by atoms with Gasteiger partial charge in [0, 0.05) is 12.1 Å². The van der Waals surface area contributed by atoms with E-state index in [0.717, 1.165) is 11.1 Å². The first-order valence-electron chi connectivity index (χ1n) is 10.3. The molecule has 0 aliphatic carbocycles. The lowest BCUT2D eigenvalue weighted by molar-refractivity contribution is -0.277. The van der Waals surface area contributed by atoms with E-state index in [4.69, 9.17) is 23.7 Å². The van der Waals surface area contributed by atoms with Crippen LogP contribution in [0, 0.1) is 0 Å². The summed E-state index contributed by atoms with van der Waals surface area (Å²) in [5.74, 6) is 2.31. The Morgan fingerprint density at radius 3 is 1.62 bits per heavy atom. The third kappa shape index (κ3) is 5.62. The molecule has 4 N–H and O–H groups in total. The second kappa shape index (κ2) is 10.8. The third-order valence-electron chi connectivity index (χ3n) is 5.39. The minimum absolute atomic E-state index is 0.354. The van der Waals surface area contributed by atoms with E-state index in [9.17, 15) is 20.4 Å². The van der Waals surface area contributed by atoms with E-state index in [1.54, 1.807) is 26.4 Å². The Labute approximate surface area is 186 Å². The summed E-state index contributed by atoms with van der Waals surface area (Å²) >= 11 is 0. The molecule has 2 aromatic carbocycles. The predicted octanol–water partition coefficient (Wildman–Crippen LogP) is 0.676. The van der Waals surface area contributed by atoms with Gasteiger partial charge in [0.1, 0.15) is 47.4 Å². The minimum Gasteiger partial charge on any atom is -0.497 e. The zero-order chi connectivity index (χ0) is 23.3. The highest BCUT2D eigenvalue weighted by atomic mass is 16.7. The number of aliphatic hydroxyl groups is 4. The quantitative estimate of drug-likeness (QED) is 0.436. The SMILES string of the molecule is COc1cc(CCc2cc(OC)cc(O[C@@H]3O[C@H](CO)[C@@H](O)[C@H](O)[C@H]3O)c2)cc(OC)c1. The van der Waals surface area contributed by atoms with E-state index in [-0.39, 0.29) is 0 Å². The summed E-state index contributed by atoms with van der Waals surface area (Å²) in [5.41, 5.74) is 1.94. The molecule has 0 amide bonds. The standard InChI is InChI=1S/C23H30O9/c1-28-15-6-13(7-16(10-15)29-2)4-5-14-8-17(30-3)11-18(9-14)31-23-22(27)21(26)20(25)19(12-24)32-23/h6-11,19-27H,4-5,12H2,1-3H3/t19-,20-,21+,22-,23-/m1/s1. The largest absolute Gasteiger partial charge is 0.497 e. The number of aliphatic hydroxyl groups excluding tert-OH is 4. The lowest BCUT2D eigenvalue weighted by atomic mass is 9.99. The van der Waals surface area contributed by atoms with Gasteiger partial charge in [-0.25, -0.2) is 0 Å². The molecule has 0 aromatic heterocycles. The number of benzene rings is 2. The Morgan fingerprint density at radius 1 is 0.688 bits per heavy atom. The summed E-state index contributed by atoms with van der Waals surface area (Å²) in [6.07, 6.45) is -5.43. The number of hydrogen-bond acceptors (Lipinski definition) is 9. The van der Waals surface area contributed by atoms with Crippen molar-refractivity contribution in [2.75, 3.05) is 27.9 Å². The molecule has 0 spiro atoms. The second-order valence-corrected chi connectivity index (χ2v) is 7.55. The monoisotopic (exact) mass is 450 g/mol. The first-order valence-corrected chi connectivity index (χ1v) is 10.3. The van der Waals surface area contributed by atoms with Crippen molar-refractivity contribution in [1.29, 1.82) is 0 Å². The molecule has 0 radical (unpaired) electrons. The number of rotatable bonds is 9. The summed E-state index contributed by atoms with van der Waals surface area (Å²) < 4.78 is 27.2. The van der Waals surface area contributed by atoms with E-state index in [1.807, 2.05) is 24.3 Å². The Balaban J connectivity index is 1.76. The van der Waals surface area contributed by atoms with E-state index in [1.165, 1.54) is 7.11 Å². The summed E-state index contributed by atoms with van der Waals surface area (Å²) in [6, 6.07) is 11.0. The molecule has 5 atom stereocenters. The van der Waals surface area contributed by atoms with Gasteiger partial charge >= 0.3 is 0 Å². The van der Waals surface area contributed by atoms with Gasteiger partial charge in [0.05, 0.1) is 27.9 Å². The summed E-state index contributed by atoms with van der Waals surface area (Å²) in [7, 11) is 4.73. The first-order chi connectivity index (χ1) is 15.4. The van der Waals surface area contributed by atoms with Gasteiger partial charge in [0.15, 0.2) is 0 Å². The lowest BCUT2D eigenvalue weighted by Crippen LogP contribution is -2.60. The highest BCUT2D eigenvalue weighted by Gasteiger charge is 2.44. The predicted molar refractivity (Wildman–Crippen MR) is 114 cm³/mol. The summed E-state index contributed by atoms with van der Waals surface area (Å²) in [4.78, 5) is 0. The fourth-order valence-corrected chi connectivity index (χ4v) is 3.56. The topological polar surface area (TPSA) is 127 Å². The zero-order valence-electron chi connectivity index (χ0n) is 18.3. The van der Waals surface area contributed by atoms with Gasteiger partial charge in [-0.15, -0.1) is 0 Å². The molecule has 1 aliphatic heterocycles. The van der Waals surface area contributed by atoms with Crippen LogP contribution in [0.1, 0.15) is 11.1 Å². The Bertz CT molecular complexity index is 864. The molecule has 0 bridgehead atoms. The number of hydrogen-bond donors (Lipinski definition) is 4. The number of aryl methyl sites for hydroxylation is 2. The molecule has 1 fully saturated rings. The highest BCUT2D eigenvalue weighted by Crippen LogP contribution is 2.29. The van der Waals surface area contributed by atoms with E-state index < -0.39 is 37.3 Å². The van der Waals surface area contributed by atoms with Gasteiger partial charge in [0.2, 0.25) is 6.29 Å². The Kier molecular flexibility index (Phi) is 8.16. The average molecular weight is 450 g/mol. The van der Waals surface area contributed by atoms with Crippen LogP contribution >= 0.6 is 0 Å². The van der Waals surface area contributed by atoms with Crippen LogP contribution < -0.4 is 18.9 Å². The van der Waals surface area contributed by atoms with Gasteiger partial charge in [-0.3, -0.25) is 0 Å². The maximum atomic E-state index is 10.2. The van der Waals surface area contributed by atoms with Crippen molar-refractivity contribution in [2.45, 2.75) is 43.5 Å². The molecule has 9 nitrogen and oxygen atoms in total. The van der Waals surface area contributed by atoms with Gasteiger partial charge in [-0.1, -0.05) is 0 Å². The zero-order valence-corrected chi connectivity index (χ0v) is 18.3. The maximum Gasteiger partial charge on any atom is 0.229 e. The molecule has 3 rings (SSSR count). The van der Waals surface area contributed by atoms with Gasteiger partial charge in [-0.2, -0.15) is 0 Å². The molecule has 1 aliphatic rings. The highest BCUT2D eigenvalue weighted by molar-refractivity contribution is 5.41. The average Bonchev–Trinajstić information content (AvgIpc) is 2.82. The van der Waals surface area contributed by atoms with Gasteiger partial charge in [-0.05, 0) is 48.2 Å². The molecule has 0 saturated carbocycles. The number of ether oxygens (including phenoxy) is 5. The molecule has 1 saturated heterocycles. The fraction of sp³-hybridized carbons (Fsp3) is 0.478. The molecule has 32 heavy (non-hydrogen) atoms. The van der Waals surface area contributed by atoms with Crippen LogP contribution in [0.15, 0.2) is 36.4 Å². The van der Waals surface area contributed by atoms with E-state index >= 15 is 0 Å². The van der Waals surface area contributed by atoms with Crippen molar-refractivity contribution in [3.05, 3.63) is 47.5 Å². The third-order valence-corrected chi connectivity index (χ3v) is 5.39. The van der Waals surface area contributed by atoms with Crippen molar-refractivity contribution in [2.24, 2.45) is 0 Å². The fourth-order valence-electron chi connectivity index (χ4n) is 3.56. The van der Waals surface area contributed by atoms with Crippen molar-refractivity contribution in [3.8, 4) is 23.0 Å². The summed E-state index contributed by atoms with van der Waals surface area (Å²) in [5, 5.41) is 39.5. The van der Waals surface area contributed by atoms with Crippen molar-refractivity contribution in [1.82, 2.24) is 0 Å². The molecule has 1 heterocycles. The molecule has 9 heteroatoms. The summed E-state index contributed by atoms with van der Waals surface area (Å²) in [6.45, 7) is -0.530. The minimum atomic E-state index is -1.51. The normalized spacial score (nSPS) is 25.3. The maximum absolute atomic E-state index is 10.2. The van der Waals surface area contributed by atoms with E-state index in [2.05, 4.69) is 0 Å². The Hall–Kier alpha value is -2.56. The van der Waals surface area contributed by atoms with Gasteiger partial charge < -0.3 is 44.1 Å². The second-order valence-electron chi connectivity index (χ2n) is 7.55. The van der Waals surface area contributed by atoms with Crippen molar-refractivity contribution >= 4 is 0 Å². The van der Waals surface area contributed by atoms with Crippen LogP contribution in [0.25, 0.3) is 0 Å². The molecular weight excluding hydrogens is 420 g/mol. The molecular formula is C23H30O9. The van der Waals surface area contributed by atoms with E-state index in [0.29, 0.717) is 35.8 Å². The Morgan fingerprint density at radius 2 is 1.16 bits per heavy atom. The number of methoxy groups -OCH3 is 3. The first kappa shape index (κ1) is 24.1. The van der Waals surface area contributed by atoms with Crippen LogP contribution in [0.2, 0.25) is 0 Å². The molecule has 0 unspecified atom stereocenters. The lowest BCUT2D eigenvalue weighted by Gasteiger charge is -2.39. The molecule has 2 aromatic rings. The van der Waals surface area contributed by atoms with Crippen LogP contribution in [-0.4, -0.2) is 79.1 Å². The molecule has 176 valence electrons. The van der Waals surface area contributed by atoms with Crippen LogP contribution in [0.3, 0.4) is 0 Å². The van der Waals surface area contributed by atoms with Crippen LogP contribution in [-0.2, 0) is 17.6 Å². The van der Waals surface area contributed by atoms with Crippen LogP contribution in [0.5, 0.6) is 23.0 Å².